The van der Waals surface area contributed by atoms with Gasteiger partial charge in [-0.05, 0) is 61.1 Å². The number of halogens is 6. The number of alkyl halides is 6. The minimum absolute atomic E-state index is 0. The van der Waals surface area contributed by atoms with Crippen molar-refractivity contribution >= 4 is 12.0 Å². The fourth-order valence-electron chi connectivity index (χ4n) is 3.64. The van der Waals surface area contributed by atoms with Crippen molar-refractivity contribution in [3.63, 3.8) is 0 Å². The Hall–Kier alpha value is -1.15. The van der Waals surface area contributed by atoms with E-state index in [2.05, 4.69) is 9.37 Å². The van der Waals surface area contributed by atoms with Gasteiger partial charge in [-0.1, -0.05) is 37.6 Å². The van der Waals surface area contributed by atoms with Crippen LogP contribution in [0.4, 0.5) is 26.3 Å². The third-order valence-electron chi connectivity index (χ3n) is 5.55. The summed E-state index contributed by atoms with van der Waals surface area (Å²) in [6.07, 6.45) is -9.84. The van der Waals surface area contributed by atoms with Crippen molar-refractivity contribution in [1.29, 1.82) is 0 Å². The maximum absolute atomic E-state index is 14.6. The standard InChI is InChI=1S/C24H28F6O5S.Na/c1-4-5-11-32-20-14-18(9-7-16(20)2)22(23(25,26)27,24(28,29)30)19-10-8-17(3)21(15-19)33-12-6-13-36-35-34-31;/h7-10,14-15,31H,4-6,11-13H2,1-3H3;/q;+1/p-1. The van der Waals surface area contributed by atoms with Crippen LogP contribution in [0.1, 0.15) is 48.4 Å². The Morgan fingerprint density at radius 1 is 0.784 bits per heavy atom. The maximum Gasteiger partial charge on any atom is 1.00 e. The van der Waals surface area contributed by atoms with E-state index in [1.165, 1.54) is 13.0 Å². The fraction of sp³-hybridized carbons (Fsp3) is 0.500. The Labute approximate surface area is 238 Å². The zero-order valence-electron chi connectivity index (χ0n) is 20.9. The van der Waals surface area contributed by atoms with Gasteiger partial charge in [-0.2, -0.15) is 30.7 Å². The molecule has 13 heteroatoms. The molecule has 202 valence electrons. The molecule has 0 fully saturated rings. The van der Waals surface area contributed by atoms with E-state index in [9.17, 15) is 31.6 Å². The predicted molar refractivity (Wildman–Crippen MR) is 120 cm³/mol. The Kier molecular flexibility index (Phi) is 13.6. The van der Waals surface area contributed by atoms with Crippen molar-refractivity contribution < 1.29 is 80.0 Å². The zero-order chi connectivity index (χ0) is 27.0. The molecule has 0 atom stereocenters. The summed E-state index contributed by atoms with van der Waals surface area (Å²) in [6, 6.07) is 5.60. The average Bonchev–Trinajstić information content (AvgIpc) is 2.78. The fourth-order valence-corrected chi connectivity index (χ4v) is 3.98. The summed E-state index contributed by atoms with van der Waals surface area (Å²) in [6.45, 7) is 5.08. The van der Waals surface area contributed by atoms with Gasteiger partial charge in [0.05, 0.1) is 13.2 Å². The SMILES string of the molecule is CCCCOc1cc(C(c2ccc(C)c(OCCCSOO[O-])c2)(C(F)(F)F)C(F)(F)F)ccc1C.[Na+]. The van der Waals surface area contributed by atoms with Crippen molar-refractivity contribution in [2.24, 2.45) is 0 Å². The summed E-state index contributed by atoms with van der Waals surface area (Å²) in [5.74, 6) is 0.0901. The normalized spacial score (nSPS) is 12.3. The third kappa shape index (κ3) is 8.17. The van der Waals surface area contributed by atoms with Crippen LogP contribution in [-0.4, -0.2) is 31.3 Å². The van der Waals surface area contributed by atoms with Gasteiger partial charge in [0, 0.05) is 17.8 Å². The molecule has 0 aliphatic rings. The molecular formula is C24H27F6NaO5S. The average molecular weight is 565 g/mol. The Balaban J connectivity index is 0.00000684. The molecule has 0 bridgehead atoms. The first-order chi connectivity index (χ1) is 16.9. The third-order valence-corrected chi connectivity index (χ3v) is 6.16. The molecule has 0 spiro atoms. The van der Waals surface area contributed by atoms with Crippen molar-refractivity contribution in [1.82, 2.24) is 0 Å². The van der Waals surface area contributed by atoms with Gasteiger partial charge in [-0.15, -0.1) is 0 Å². The molecule has 0 aliphatic carbocycles. The Morgan fingerprint density at radius 2 is 1.24 bits per heavy atom. The van der Waals surface area contributed by atoms with E-state index < -0.39 is 28.9 Å². The van der Waals surface area contributed by atoms with Crippen LogP contribution in [-0.2, 0) is 14.8 Å². The van der Waals surface area contributed by atoms with Gasteiger partial charge in [0.2, 0.25) is 5.41 Å². The molecule has 0 amide bonds. The molecule has 0 heterocycles. The van der Waals surface area contributed by atoms with Gasteiger partial charge in [0.1, 0.15) is 11.5 Å². The van der Waals surface area contributed by atoms with Crippen LogP contribution < -0.4 is 44.3 Å². The van der Waals surface area contributed by atoms with Crippen LogP contribution in [0, 0.1) is 13.8 Å². The van der Waals surface area contributed by atoms with E-state index in [0.29, 0.717) is 29.6 Å². The maximum atomic E-state index is 14.6. The largest absolute Gasteiger partial charge is 1.00 e. The van der Waals surface area contributed by atoms with Gasteiger partial charge in [-0.3, -0.25) is 5.04 Å². The van der Waals surface area contributed by atoms with Gasteiger partial charge >= 0.3 is 41.9 Å². The summed E-state index contributed by atoms with van der Waals surface area (Å²) in [5.41, 5.74) is -5.57. The van der Waals surface area contributed by atoms with E-state index in [1.54, 1.807) is 6.92 Å². The topological polar surface area (TPSA) is 60.0 Å². The van der Waals surface area contributed by atoms with Crippen molar-refractivity contribution in [3.05, 3.63) is 58.7 Å². The molecule has 2 rings (SSSR count). The molecule has 5 nitrogen and oxygen atoms in total. The summed E-state index contributed by atoms with van der Waals surface area (Å²) >= 11 is 0.689. The first-order valence-electron chi connectivity index (χ1n) is 11.1. The molecule has 0 aliphatic heterocycles. The van der Waals surface area contributed by atoms with E-state index in [-0.39, 0.29) is 66.4 Å². The molecule has 0 N–H and O–H groups in total. The molecule has 0 unspecified atom stereocenters. The van der Waals surface area contributed by atoms with Crippen LogP contribution in [0.3, 0.4) is 0 Å². The molecular weight excluding hydrogens is 537 g/mol. The number of benzene rings is 2. The molecule has 0 radical (unpaired) electrons. The predicted octanol–water partition coefficient (Wildman–Crippen LogP) is 3.54. The molecule has 2 aromatic carbocycles. The monoisotopic (exact) mass is 564 g/mol. The Morgan fingerprint density at radius 3 is 1.65 bits per heavy atom. The number of ether oxygens (including phenoxy) is 2. The molecule has 0 saturated carbocycles. The van der Waals surface area contributed by atoms with Crippen molar-refractivity contribution in [3.8, 4) is 11.5 Å². The van der Waals surface area contributed by atoms with E-state index in [0.717, 1.165) is 36.8 Å². The van der Waals surface area contributed by atoms with Gasteiger partial charge in [0.25, 0.3) is 0 Å². The van der Waals surface area contributed by atoms with E-state index in [1.807, 2.05) is 6.92 Å². The van der Waals surface area contributed by atoms with Crippen molar-refractivity contribution in [2.75, 3.05) is 19.0 Å². The molecule has 0 aromatic heterocycles. The summed E-state index contributed by atoms with van der Waals surface area (Å²) in [4.78, 5) is 0. The first kappa shape index (κ1) is 33.9. The van der Waals surface area contributed by atoms with Crippen LogP contribution in [0.15, 0.2) is 36.4 Å². The summed E-state index contributed by atoms with van der Waals surface area (Å²) < 4.78 is 103. The second-order valence-electron chi connectivity index (χ2n) is 8.07. The second kappa shape index (κ2) is 14.9. The number of aryl methyl sites for hydroxylation is 2. The molecule has 0 saturated heterocycles. The minimum atomic E-state index is -5.74. The van der Waals surface area contributed by atoms with Crippen molar-refractivity contribution in [2.45, 2.75) is 57.8 Å². The second-order valence-corrected chi connectivity index (χ2v) is 8.85. The number of rotatable bonds is 13. The van der Waals surface area contributed by atoms with Gasteiger partial charge < -0.3 is 14.7 Å². The minimum Gasteiger partial charge on any atom is -0.691 e. The van der Waals surface area contributed by atoms with E-state index >= 15 is 0 Å². The first-order valence-corrected chi connectivity index (χ1v) is 12.0. The number of unbranched alkanes of at least 4 members (excludes halogenated alkanes) is 1. The van der Waals surface area contributed by atoms with Crippen LogP contribution in [0.25, 0.3) is 0 Å². The van der Waals surface area contributed by atoms with E-state index in [4.69, 9.17) is 9.47 Å². The summed E-state index contributed by atoms with van der Waals surface area (Å²) in [5, 5.41) is 13.0. The zero-order valence-corrected chi connectivity index (χ0v) is 23.7. The molecule has 2 aromatic rings. The molecule has 37 heavy (non-hydrogen) atoms. The van der Waals surface area contributed by atoms with Crippen LogP contribution in [0.2, 0.25) is 0 Å². The van der Waals surface area contributed by atoms with Gasteiger partial charge in [-0.25, -0.2) is 0 Å². The summed E-state index contributed by atoms with van der Waals surface area (Å²) in [7, 11) is 0. The quantitative estimate of drug-likeness (QED) is 0.0927. The van der Waals surface area contributed by atoms with Crippen LogP contribution >= 0.6 is 12.0 Å². The number of hydrogen-bond acceptors (Lipinski definition) is 6. The smallest absolute Gasteiger partial charge is 0.691 e. The Bertz CT molecular complexity index is 973. The van der Waals surface area contributed by atoms with Crippen LogP contribution in [0.5, 0.6) is 11.5 Å². The van der Waals surface area contributed by atoms with Gasteiger partial charge in [0.15, 0.2) is 0 Å². The number of hydrogen-bond donors (Lipinski definition) is 0.